The summed E-state index contributed by atoms with van der Waals surface area (Å²) in [5.74, 6) is 0.145. The number of nitrogens with zero attached hydrogens (tertiary/aromatic N) is 7. The van der Waals surface area contributed by atoms with Crippen LogP contribution in [-0.2, 0) is 32.8 Å². The Morgan fingerprint density at radius 3 is 2.48 bits per heavy atom. The van der Waals surface area contributed by atoms with Crippen LogP contribution in [0.1, 0.15) is 41.6 Å². The van der Waals surface area contributed by atoms with E-state index in [9.17, 15) is 23.4 Å². The first-order chi connectivity index (χ1) is 29.6. The van der Waals surface area contributed by atoms with E-state index < -0.39 is 11.9 Å². The van der Waals surface area contributed by atoms with E-state index >= 15 is 0 Å². The Morgan fingerprint density at radius 2 is 1.72 bits per heavy atom. The molecule has 0 aliphatic carbocycles. The normalized spacial score (nSPS) is 18.7. The van der Waals surface area contributed by atoms with Gasteiger partial charge in [-0.05, 0) is 55.7 Å². The van der Waals surface area contributed by atoms with Crippen molar-refractivity contribution in [2.24, 2.45) is 0 Å². The summed E-state index contributed by atoms with van der Waals surface area (Å²) in [6, 6.07) is 18.4. The molecular formula is C42H48ClN11O6S. The summed E-state index contributed by atoms with van der Waals surface area (Å²) in [4.78, 5) is 68.2. The van der Waals surface area contributed by atoms with Crippen molar-refractivity contribution in [1.29, 1.82) is 0 Å². The van der Waals surface area contributed by atoms with E-state index in [2.05, 4.69) is 52.0 Å². The third kappa shape index (κ3) is 9.27. The molecule has 1 atom stereocenters. The fourth-order valence-electron chi connectivity index (χ4n) is 8.52. The number of nitrogens with one attached hydrogen (secondary N) is 4. The molecule has 3 fully saturated rings. The van der Waals surface area contributed by atoms with E-state index in [4.69, 9.17) is 16.3 Å². The molecule has 1 aromatic heterocycles. The molecule has 0 radical (unpaired) electrons. The molecule has 17 nitrogen and oxygen atoms in total. The van der Waals surface area contributed by atoms with Crippen molar-refractivity contribution in [3.05, 3.63) is 83.0 Å². The van der Waals surface area contributed by atoms with Crippen molar-refractivity contribution in [3.8, 4) is 5.75 Å². The van der Waals surface area contributed by atoms with Gasteiger partial charge in [0.05, 0.1) is 36.9 Å². The van der Waals surface area contributed by atoms with E-state index in [0.717, 1.165) is 57.8 Å². The number of amides is 4. The van der Waals surface area contributed by atoms with Crippen molar-refractivity contribution in [2.45, 2.75) is 44.3 Å². The maximum Gasteiger partial charge on any atom is 0.255 e. The number of piperidine rings is 2. The molecule has 4 N–H and O–H groups in total. The van der Waals surface area contributed by atoms with Gasteiger partial charge in [0.25, 0.3) is 5.91 Å². The Kier molecular flexibility index (Phi) is 12.7. The Labute approximate surface area is 362 Å². The number of methoxy groups -OCH3 is 1. The Balaban J connectivity index is 0.810. The maximum atomic E-state index is 13.3. The second-order valence-corrected chi connectivity index (χ2v) is 16.6. The molecule has 320 valence electrons. The zero-order chi connectivity index (χ0) is 42.6. The second kappa shape index (κ2) is 18.4. The van der Waals surface area contributed by atoms with E-state index in [-0.39, 0.29) is 55.5 Å². The number of rotatable bonds is 13. The van der Waals surface area contributed by atoms with Crippen molar-refractivity contribution in [2.75, 3.05) is 85.1 Å². The molecule has 4 amide bonds. The maximum absolute atomic E-state index is 13.3. The molecule has 0 saturated carbocycles. The first-order valence-corrected chi connectivity index (χ1v) is 21.4. The lowest BCUT2D eigenvalue weighted by atomic mass is 10.0. The minimum absolute atomic E-state index is 0.149. The molecule has 4 aromatic rings. The molecule has 1 unspecified atom stereocenters. The number of ether oxygens (including phenoxy) is 1. The first-order valence-electron chi connectivity index (χ1n) is 20.3. The minimum Gasteiger partial charge on any atom is -0.494 e. The van der Waals surface area contributed by atoms with Crippen LogP contribution in [0.4, 0.5) is 40.2 Å². The molecule has 19 heteroatoms. The number of fused-ring (bicyclic) bond motifs is 1. The van der Waals surface area contributed by atoms with Gasteiger partial charge in [-0.3, -0.25) is 38.6 Å². The lowest BCUT2D eigenvalue weighted by Gasteiger charge is -2.43. The van der Waals surface area contributed by atoms with Gasteiger partial charge >= 0.3 is 0 Å². The number of hydrogen-bond acceptors (Lipinski definition) is 13. The Hall–Kier alpha value is -5.82. The van der Waals surface area contributed by atoms with Gasteiger partial charge in [-0.15, -0.1) is 0 Å². The molecule has 5 heterocycles. The van der Waals surface area contributed by atoms with Gasteiger partial charge < -0.3 is 30.5 Å². The van der Waals surface area contributed by atoms with Crippen LogP contribution in [-0.4, -0.2) is 125 Å². The summed E-state index contributed by atoms with van der Waals surface area (Å²) in [6.07, 6.45) is 4.01. The number of hydrogen-bond donors (Lipinski definition) is 5. The Morgan fingerprint density at radius 1 is 0.951 bits per heavy atom. The third-order valence-electron chi connectivity index (χ3n) is 11.8. The topological polar surface area (TPSA) is 185 Å². The summed E-state index contributed by atoms with van der Waals surface area (Å²) in [6.45, 7) is 5.52. The molecule has 4 aliphatic heterocycles. The van der Waals surface area contributed by atoms with Crippen LogP contribution in [0, 0.1) is 0 Å². The van der Waals surface area contributed by atoms with Gasteiger partial charge in [0, 0.05) is 93.9 Å². The first kappa shape index (κ1) is 41.9. The highest BCUT2D eigenvalue weighted by atomic mass is 35.5. The highest BCUT2D eigenvalue weighted by molar-refractivity contribution is 7.67. The average molecular weight is 870 g/mol. The number of carbonyl (C=O) groups excluding carboxylic acids is 4. The van der Waals surface area contributed by atoms with Crippen LogP contribution in [0.5, 0.6) is 5.75 Å². The summed E-state index contributed by atoms with van der Waals surface area (Å²) in [7, 11) is 3.34. The van der Waals surface area contributed by atoms with Crippen molar-refractivity contribution in [1.82, 2.24) is 30.0 Å². The number of halogens is 1. The van der Waals surface area contributed by atoms with Crippen molar-refractivity contribution >= 4 is 87.3 Å². The van der Waals surface area contributed by atoms with Gasteiger partial charge in [-0.1, -0.05) is 29.8 Å². The summed E-state index contributed by atoms with van der Waals surface area (Å²) >= 11 is 6.32. The molecule has 8 rings (SSSR count). The number of benzene rings is 3. The molecule has 0 spiro atoms. The lowest BCUT2D eigenvalue weighted by molar-refractivity contribution is -0.137. The van der Waals surface area contributed by atoms with Crippen LogP contribution >= 0.6 is 11.6 Å². The van der Waals surface area contributed by atoms with Crippen LogP contribution in [0.25, 0.3) is 0 Å². The Bertz CT molecular complexity index is 2340. The van der Waals surface area contributed by atoms with Crippen LogP contribution in [0.15, 0.2) is 66.9 Å². The predicted molar refractivity (Wildman–Crippen MR) is 235 cm³/mol. The SMILES string of the molecule is COc1cc(N2CCC(N3CCN(CC(=O)Nc4cccc5c4CN(C4CCC(=O)NC4=O)C5=O)CC3)CC2)ccc1Nc1ncc(Cl)c(Nc2ccccc2N(C)[SH]=O)n1. The number of anilines is 7. The zero-order valence-electron chi connectivity index (χ0n) is 33.9. The van der Waals surface area contributed by atoms with Crippen molar-refractivity contribution in [3.63, 3.8) is 0 Å². The highest BCUT2D eigenvalue weighted by Gasteiger charge is 2.40. The van der Waals surface area contributed by atoms with Gasteiger partial charge in [-0.2, -0.15) is 4.98 Å². The van der Waals surface area contributed by atoms with Crippen molar-refractivity contribution < 1.29 is 28.1 Å². The van der Waals surface area contributed by atoms with E-state index in [1.54, 1.807) is 36.7 Å². The predicted octanol–water partition coefficient (Wildman–Crippen LogP) is 3.91. The largest absolute Gasteiger partial charge is 0.494 e. The monoisotopic (exact) mass is 869 g/mol. The molecule has 4 aliphatic rings. The number of aromatic nitrogens is 2. The van der Waals surface area contributed by atoms with E-state index in [1.807, 2.05) is 36.4 Å². The number of carbonyl (C=O) groups is 4. The van der Waals surface area contributed by atoms with Crippen LogP contribution in [0.2, 0.25) is 5.02 Å². The zero-order valence-corrected chi connectivity index (χ0v) is 35.5. The molecule has 61 heavy (non-hydrogen) atoms. The third-order valence-corrected chi connectivity index (χ3v) is 12.5. The minimum atomic E-state index is -0.713. The van der Waals surface area contributed by atoms with E-state index in [1.165, 1.54) is 11.1 Å². The molecule has 3 saturated heterocycles. The quantitative estimate of drug-likeness (QED) is 0.0964. The summed E-state index contributed by atoms with van der Waals surface area (Å²) < 4.78 is 18.9. The lowest BCUT2D eigenvalue weighted by Crippen LogP contribution is -2.54. The number of thiol groups is 1. The van der Waals surface area contributed by atoms with Gasteiger partial charge in [0.15, 0.2) is 5.82 Å². The van der Waals surface area contributed by atoms with Gasteiger partial charge in [0.1, 0.15) is 28.7 Å². The smallest absolute Gasteiger partial charge is 0.255 e. The second-order valence-electron chi connectivity index (χ2n) is 15.5. The highest BCUT2D eigenvalue weighted by Crippen LogP contribution is 2.36. The summed E-state index contributed by atoms with van der Waals surface area (Å²) in [5.41, 5.74) is 4.88. The fraction of sp³-hybridized carbons (Fsp3) is 0.381. The standard InChI is InChI=1S/C42H48ClN11O6S/c1-50(61-59)34-9-4-3-7-32(34)46-39-30(43)23-44-42(49-39)47-33-11-10-27(22-36(33)60-2)52-16-14-26(15-17-52)53-20-18-51(19-21-53)25-38(56)45-31-8-5-6-28-29(31)24-54(41(28)58)35-12-13-37(55)48-40(35)57/h3-11,22-23,26,35,61H,12-21,24-25H2,1-2H3,(H,45,56)(H,48,55,57)(H2,44,46,47,49). The van der Waals surface area contributed by atoms with Crippen LogP contribution < -0.4 is 35.2 Å². The average Bonchev–Trinajstić information content (AvgIpc) is 3.61. The number of imide groups is 1. The molecule has 3 aromatic carbocycles. The van der Waals surface area contributed by atoms with Gasteiger partial charge in [0.2, 0.25) is 23.7 Å². The fourth-order valence-corrected chi connectivity index (χ4v) is 8.92. The van der Waals surface area contributed by atoms with Gasteiger partial charge in [-0.25, -0.2) is 9.19 Å². The summed E-state index contributed by atoms with van der Waals surface area (Å²) in [5, 5.41) is 12.2. The number of piperazine rings is 1. The van der Waals surface area contributed by atoms with E-state index in [0.29, 0.717) is 62.5 Å². The molecule has 0 bridgehead atoms. The number of para-hydroxylation sites is 2. The van der Waals surface area contributed by atoms with Crippen LogP contribution in [0.3, 0.4) is 0 Å². The molecular weight excluding hydrogens is 822 g/mol.